The van der Waals surface area contributed by atoms with Gasteiger partial charge < -0.3 is 4.42 Å². The number of nitrogens with zero attached hydrogens (tertiary/aromatic N) is 2. The summed E-state index contributed by atoms with van der Waals surface area (Å²) in [6, 6.07) is 14.1. The summed E-state index contributed by atoms with van der Waals surface area (Å²) in [5.41, 5.74) is 3.67. The lowest BCUT2D eigenvalue weighted by atomic mass is 10.1. The number of allylic oxidation sites excluding steroid dienone is 1. The molecule has 0 saturated carbocycles. The Morgan fingerprint density at radius 3 is 2.59 bits per heavy atom. The van der Waals surface area contributed by atoms with Crippen molar-refractivity contribution < 1.29 is 4.42 Å². The van der Waals surface area contributed by atoms with Gasteiger partial charge in [0.15, 0.2) is 0 Å². The van der Waals surface area contributed by atoms with Crippen LogP contribution in [0, 0.1) is 25.2 Å². The lowest BCUT2D eigenvalue weighted by Crippen LogP contribution is -1.82. The van der Waals surface area contributed by atoms with Crippen LogP contribution in [0.1, 0.15) is 22.1 Å². The molecule has 4 heteroatoms. The van der Waals surface area contributed by atoms with Crippen molar-refractivity contribution in [3.05, 3.63) is 63.9 Å². The molecule has 0 amide bonds. The molecule has 0 bridgehead atoms. The fourth-order valence-corrected chi connectivity index (χ4v) is 2.86. The van der Waals surface area contributed by atoms with Gasteiger partial charge in [-0.3, -0.25) is 0 Å². The van der Waals surface area contributed by atoms with E-state index in [1.165, 1.54) is 16.9 Å². The smallest absolute Gasteiger partial charge is 0.134 e. The summed E-state index contributed by atoms with van der Waals surface area (Å²) < 4.78 is 5.49. The Bertz CT molecular complexity index is 863. The first-order chi connectivity index (χ1) is 10.7. The predicted molar refractivity (Wildman–Crippen MR) is 89.2 cm³/mol. The molecule has 3 aromatic rings. The highest BCUT2D eigenvalue weighted by Gasteiger charge is 2.10. The van der Waals surface area contributed by atoms with Crippen LogP contribution in [0.25, 0.3) is 22.9 Å². The normalized spacial score (nSPS) is 11.4. The number of furan rings is 1. The lowest BCUT2D eigenvalue weighted by Gasteiger charge is -1.97. The van der Waals surface area contributed by atoms with Gasteiger partial charge in [-0.25, -0.2) is 4.98 Å². The van der Waals surface area contributed by atoms with Gasteiger partial charge in [-0.15, -0.1) is 11.3 Å². The molecule has 2 aromatic heterocycles. The van der Waals surface area contributed by atoms with Gasteiger partial charge in [0.1, 0.15) is 22.6 Å². The van der Waals surface area contributed by atoms with E-state index >= 15 is 0 Å². The Balaban J connectivity index is 1.93. The Morgan fingerprint density at radius 2 is 1.95 bits per heavy atom. The monoisotopic (exact) mass is 306 g/mol. The van der Waals surface area contributed by atoms with Crippen LogP contribution < -0.4 is 0 Å². The largest absolute Gasteiger partial charge is 0.462 e. The van der Waals surface area contributed by atoms with Gasteiger partial charge in [0.05, 0.1) is 11.3 Å². The molecule has 0 unspecified atom stereocenters. The first-order valence-corrected chi connectivity index (χ1v) is 7.75. The molecule has 0 radical (unpaired) electrons. The molecule has 108 valence electrons. The number of thiazole rings is 1. The number of aromatic nitrogens is 1. The minimum absolute atomic E-state index is 0.512. The molecule has 0 spiro atoms. The van der Waals surface area contributed by atoms with Crippen LogP contribution in [-0.2, 0) is 0 Å². The highest BCUT2D eigenvalue weighted by atomic mass is 32.1. The van der Waals surface area contributed by atoms with E-state index in [0.717, 1.165) is 17.0 Å². The zero-order valence-corrected chi connectivity index (χ0v) is 13.1. The second-order valence-electron chi connectivity index (χ2n) is 5.02. The Morgan fingerprint density at radius 1 is 1.18 bits per heavy atom. The Hall–Kier alpha value is -2.64. The van der Waals surface area contributed by atoms with Crippen LogP contribution in [0.3, 0.4) is 0 Å². The van der Waals surface area contributed by atoms with E-state index in [9.17, 15) is 5.26 Å². The zero-order valence-electron chi connectivity index (χ0n) is 12.3. The van der Waals surface area contributed by atoms with Gasteiger partial charge in [-0.2, -0.15) is 5.26 Å². The molecule has 0 aliphatic rings. The number of aryl methyl sites for hydroxylation is 2. The quantitative estimate of drug-likeness (QED) is 0.634. The molecule has 1 aromatic carbocycles. The van der Waals surface area contributed by atoms with Gasteiger partial charge >= 0.3 is 0 Å². The SMILES string of the molecule is Cc1ccc(-c2csc(C(C#N)=Cc3ccc(C)o3)n2)cc1. The zero-order chi connectivity index (χ0) is 15.5. The molecule has 3 nitrogen and oxygen atoms in total. The predicted octanol–water partition coefficient (Wildman–Crippen LogP) is 5.08. The highest BCUT2D eigenvalue weighted by molar-refractivity contribution is 7.11. The summed E-state index contributed by atoms with van der Waals surface area (Å²) in [5.74, 6) is 1.49. The average Bonchev–Trinajstić information content (AvgIpc) is 3.15. The Kier molecular flexibility index (Phi) is 3.90. The topological polar surface area (TPSA) is 49.8 Å². The van der Waals surface area contributed by atoms with Gasteiger partial charge in [0.25, 0.3) is 0 Å². The first-order valence-electron chi connectivity index (χ1n) is 6.87. The second-order valence-corrected chi connectivity index (χ2v) is 5.88. The fraction of sp³-hybridized carbons (Fsp3) is 0.111. The summed E-state index contributed by atoms with van der Waals surface area (Å²) in [5, 5.41) is 12.0. The van der Waals surface area contributed by atoms with Gasteiger partial charge in [0, 0.05) is 17.0 Å². The van der Waals surface area contributed by atoms with Gasteiger partial charge in [0.2, 0.25) is 0 Å². The highest BCUT2D eigenvalue weighted by Crippen LogP contribution is 2.27. The van der Waals surface area contributed by atoms with E-state index in [1.54, 1.807) is 6.08 Å². The summed E-state index contributed by atoms with van der Waals surface area (Å²) in [7, 11) is 0. The molecule has 0 aliphatic carbocycles. The van der Waals surface area contributed by atoms with E-state index in [0.29, 0.717) is 16.3 Å². The van der Waals surface area contributed by atoms with Crippen molar-refractivity contribution in [1.29, 1.82) is 5.26 Å². The van der Waals surface area contributed by atoms with E-state index in [2.05, 4.69) is 30.1 Å². The average molecular weight is 306 g/mol. The van der Waals surface area contributed by atoms with Crippen molar-refractivity contribution >= 4 is 23.0 Å². The molecule has 0 aliphatic heterocycles. The molecule has 0 atom stereocenters. The maximum atomic E-state index is 9.37. The standard InChI is InChI=1S/C18H14N2OS/c1-12-3-6-14(7-4-12)17-11-22-18(20-17)15(10-19)9-16-8-5-13(2)21-16/h3-9,11H,1-2H3. The first kappa shape index (κ1) is 14.3. The third-order valence-corrected chi connectivity index (χ3v) is 4.13. The minimum Gasteiger partial charge on any atom is -0.462 e. The van der Waals surface area contributed by atoms with Crippen LogP contribution >= 0.6 is 11.3 Å². The molecular weight excluding hydrogens is 292 g/mol. The van der Waals surface area contributed by atoms with Crippen molar-refractivity contribution in [1.82, 2.24) is 4.98 Å². The van der Waals surface area contributed by atoms with E-state index in [4.69, 9.17) is 4.42 Å². The van der Waals surface area contributed by atoms with Gasteiger partial charge in [-0.1, -0.05) is 29.8 Å². The van der Waals surface area contributed by atoms with Gasteiger partial charge in [-0.05, 0) is 26.0 Å². The van der Waals surface area contributed by atoms with E-state index in [1.807, 2.05) is 36.6 Å². The summed E-state index contributed by atoms with van der Waals surface area (Å²) in [4.78, 5) is 4.57. The third kappa shape index (κ3) is 3.00. The molecule has 3 rings (SSSR count). The number of nitriles is 1. The molecule has 0 fully saturated rings. The van der Waals surface area contributed by atoms with Crippen LogP contribution in [0.5, 0.6) is 0 Å². The number of hydrogen-bond acceptors (Lipinski definition) is 4. The fourth-order valence-electron chi connectivity index (χ4n) is 2.07. The maximum Gasteiger partial charge on any atom is 0.134 e. The van der Waals surface area contributed by atoms with Crippen molar-refractivity contribution in [3.63, 3.8) is 0 Å². The minimum atomic E-state index is 0.512. The molecule has 2 heterocycles. The number of hydrogen-bond donors (Lipinski definition) is 0. The summed E-state index contributed by atoms with van der Waals surface area (Å²) in [6.45, 7) is 3.93. The van der Waals surface area contributed by atoms with Crippen molar-refractivity contribution in [2.24, 2.45) is 0 Å². The lowest BCUT2D eigenvalue weighted by molar-refractivity contribution is 0.525. The third-order valence-electron chi connectivity index (χ3n) is 3.25. The summed E-state index contributed by atoms with van der Waals surface area (Å²) in [6.07, 6.45) is 1.73. The van der Waals surface area contributed by atoms with Crippen LogP contribution in [0.4, 0.5) is 0 Å². The van der Waals surface area contributed by atoms with Crippen molar-refractivity contribution in [2.45, 2.75) is 13.8 Å². The second kappa shape index (κ2) is 6.00. The molecular formula is C18H14N2OS. The summed E-state index contributed by atoms with van der Waals surface area (Å²) >= 11 is 1.46. The molecule has 0 N–H and O–H groups in total. The van der Waals surface area contributed by atoms with Crippen molar-refractivity contribution in [3.8, 4) is 17.3 Å². The van der Waals surface area contributed by atoms with E-state index in [-0.39, 0.29) is 0 Å². The molecule has 0 saturated heterocycles. The van der Waals surface area contributed by atoms with Crippen LogP contribution in [0.2, 0.25) is 0 Å². The molecule has 22 heavy (non-hydrogen) atoms. The Labute approximate surface area is 133 Å². The number of rotatable bonds is 3. The van der Waals surface area contributed by atoms with E-state index < -0.39 is 0 Å². The van der Waals surface area contributed by atoms with Crippen molar-refractivity contribution in [2.75, 3.05) is 0 Å². The maximum absolute atomic E-state index is 9.37. The van der Waals surface area contributed by atoms with Crippen LogP contribution in [0.15, 0.2) is 46.2 Å². The van der Waals surface area contributed by atoms with Crippen LogP contribution in [-0.4, -0.2) is 4.98 Å². The number of benzene rings is 1.